The Bertz CT molecular complexity index is 764. The highest BCUT2D eigenvalue weighted by atomic mass is 28.4. The average molecular weight is 473 g/mol. The van der Waals surface area contributed by atoms with Crippen molar-refractivity contribution in [3.63, 3.8) is 0 Å². The second-order valence-electron chi connectivity index (χ2n) is 14.2. The first kappa shape index (κ1) is 25.7. The number of hydrogen-bond donors (Lipinski definition) is 0. The maximum absolute atomic E-state index is 12.3. The number of rotatable bonds is 7. The molecule has 0 aromatic carbocycles. The number of Topliss-reactive ketones (excluding diaryl/α,β-unsaturated/α-hetero) is 1. The van der Waals surface area contributed by atoms with Crippen molar-refractivity contribution < 1.29 is 9.22 Å². The van der Waals surface area contributed by atoms with E-state index in [1.165, 1.54) is 51.4 Å². The molecule has 0 aromatic rings. The maximum atomic E-state index is 12.3. The van der Waals surface area contributed by atoms with E-state index in [0.29, 0.717) is 28.6 Å². The van der Waals surface area contributed by atoms with Gasteiger partial charge in [0.15, 0.2) is 8.32 Å². The zero-order chi connectivity index (χ0) is 24.2. The van der Waals surface area contributed by atoms with Crippen molar-refractivity contribution in [1.82, 2.24) is 0 Å². The van der Waals surface area contributed by atoms with E-state index in [-0.39, 0.29) is 5.92 Å². The highest BCUT2D eigenvalue weighted by Gasteiger charge is 2.59. The van der Waals surface area contributed by atoms with Gasteiger partial charge in [-0.15, -0.1) is 0 Å². The normalized spacial score (nSPS) is 41.7. The molecule has 2 nitrogen and oxygen atoms in total. The van der Waals surface area contributed by atoms with Gasteiger partial charge in [0.2, 0.25) is 0 Å². The summed E-state index contributed by atoms with van der Waals surface area (Å²) in [6.07, 6.45) is 15.7. The highest BCUT2D eigenvalue weighted by molar-refractivity contribution is 6.69. The van der Waals surface area contributed by atoms with Gasteiger partial charge >= 0.3 is 0 Å². The minimum Gasteiger partial charge on any atom is -0.414 e. The topological polar surface area (TPSA) is 26.3 Å². The van der Waals surface area contributed by atoms with E-state index >= 15 is 0 Å². The van der Waals surface area contributed by atoms with Crippen molar-refractivity contribution in [3.05, 3.63) is 11.6 Å². The minimum atomic E-state index is -1.47. The van der Waals surface area contributed by atoms with Gasteiger partial charge in [-0.05, 0) is 118 Å². The van der Waals surface area contributed by atoms with Crippen molar-refractivity contribution in [3.8, 4) is 0 Å². The van der Waals surface area contributed by atoms with Crippen LogP contribution in [0, 0.1) is 46.3 Å². The second-order valence-corrected chi connectivity index (χ2v) is 18.7. The maximum Gasteiger partial charge on any atom is 0.184 e. The van der Waals surface area contributed by atoms with Gasteiger partial charge in [0.1, 0.15) is 5.78 Å². The van der Waals surface area contributed by atoms with Crippen molar-refractivity contribution >= 4 is 14.1 Å². The molecule has 0 spiro atoms. The zero-order valence-electron chi connectivity index (χ0n) is 23.0. The Morgan fingerprint density at radius 1 is 1.06 bits per heavy atom. The Hall–Kier alpha value is -0.413. The van der Waals surface area contributed by atoms with Gasteiger partial charge in [0, 0.05) is 18.4 Å². The van der Waals surface area contributed by atoms with Gasteiger partial charge in [-0.3, -0.25) is 4.79 Å². The number of carbonyl (C=O) groups excluding carboxylic acids is 1. The molecular formula is C30H52O2Si. The summed E-state index contributed by atoms with van der Waals surface area (Å²) in [7, 11) is -1.47. The standard InChI is InChI=1S/C30H52O2Si/c1-20(2)28(31)14-9-21(3)25-12-13-26-24-11-10-22-19-23(32-33(6,7)8)15-17-29(22,4)27(24)16-18-30(25,26)5/h10,20-21,23-27H,9,11-19H2,1-8H3/t21-,23+,24+,25-,26+,27+,29+,30-/m1/s1. The lowest BCUT2D eigenvalue weighted by atomic mass is 9.47. The van der Waals surface area contributed by atoms with Gasteiger partial charge in [-0.1, -0.05) is 46.3 Å². The van der Waals surface area contributed by atoms with Crippen LogP contribution in [0.5, 0.6) is 0 Å². The van der Waals surface area contributed by atoms with E-state index in [4.69, 9.17) is 4.43 Å². The Morgan fingerprint density at radius 2 is 1.79 bits per heavy atom. The average Bonchev–Trinajstić information content (AvgIpc) is 3.08. The lowest BCUT2D eigenvalue weighted by molar-refractivity contribution is -0.122. The van der Waals surface area contributed by atoms with Crippen LogP contribution >= 0.6 is 0 Å². The molecule has 4 aliphatic carbocycles. The van der Waals surface area contributed by atoms with Gasteiger partial charge in [0.25, 0.3) is 0 Å². The molecule has 0 heterocycles. The van der Waals surface area contributed by atoms with Crippen LogP contribution in [0.4, 0.5) is 0 Å². The van der Waals surface area contributed by atoms with Crippen LogP contribution in [0.1, 0.15) is 98.8 Å². The molecule has 0 bridgehead atoms. The SMILES string of the molecule is CC(C)C(=O)CC[C@@H](C)[C@H]1CC[C@H]2[C@@H]3CC=C4C[C@@H](O[Si](C)(C)C)CC[C@]4(C)[C@H]3CC[C@]12C. The summed E-state index contributed by atoms with van der Waals surface area (Å²) in [5, 5.41) is 0. The highest BCUT2D eigenvalue weighted by Crippen LogP contribution is 2.67. The molecule has 0 radical (unpaired) electrons. The summed E-state index contributed by atoms with van der Waals surface area (Å²) < 4.78 is 6.56. The Labute approximate surface area is 205 Å². The summed E-state index contributed by atoms with van der Waals surface area (Å²) in [5.41, 5.74) is 2.65. The number of ketones is 1. The number of carbonyl (C=O) groups is 1. The van der Waals surface area contributed by atoms with Crippen molar-refractivity contribution in [2.24, 2.45) is 46.3 Å². The molecule has 0 amide bonds. The summed E-state index contributed by atoms with van der Waals surface area (Å²) in [5.74, 6) is 4.77. The molecule has 3 heteroatoms. The van der Waals surface area contributed by atoms with E-state index in [2.05, 4.69) is 60.3 Å². The molecule has 0 saturated heterocycles. The fraction of sp³-hybridized carbons (Fsp3) is 0.900. The number of hydrogen-bond acceptors (Lipinski definition) is 2. The molecule has 0 aromatic heterocycles. The molecule has 4 aliphatic rings. The van der Waals surface area contributed by atoms with Crippen LogP contribution in [0.3, 0.4) is 0 Å². The summed E-state index contributed by atoms with van der Waals surface area (Å²) in [6, 6.07) is 0. The summed E-state index contributed by atoms with van der Waals surface area (Å²) >= 11 is 0. The van der Waals surface area contributed by atoms with Gasteiger partial charge in [0.05, 0.1) is 0 Å². The molecule has 188 valence electrons. The number of fused-ring (bicyclic) bond motifs is 5. The third kappa shape index (κ3) is 4.84. The van der Waals surface area contributed by atoms with Gasteiger partial charge < -0.3 is 4.43 Å². The Balaban J connectivity index is 1.46. The second kappa shape index (κ2) is 9.23. The van der Waals surface area contributed by atoms with E-state index in [9.17, 15) is 4.79 Å². The summed E-state index contributed by atoms with van der Waals surface area (Å²) in [4.78, 5) is 12.3. The Morgan fingerprint density at radius 3 is 2.45 bits per heavy atom. The van der Waals surface area contributed by atoms with Crippen molar-refractivity contribution in [1.29, 1.82) is 0 Å². The minimum absolute atomic E-state index is 0.190. The largest absolute Gasteiger partial charge is 0.414 e. The fourth-order valence-electron chi connectivity index (χ4n) is 9.06. The molecule has 3 fully saturated rings. The van der Waals surface area contributed by atoms with Crippen LogP contribution < -0.4 is 0 Å². The molecule has 0 aliphatic heterocycles. The van der Waals surface area contributed by atoms with Gasteiger partial charge in [-0.2, -0.15) is 0 Å². The van der Waals surface area contributed by atoms with E-state index in [0.717, 1.165) is 36.5 Å². The zero-order valence-corrected chi connectivity index (χ0v) is 24.0. The third-order valence-corrected chi connectivity index (χ3v) is 11.9. The van der Waals surface area contributed by atoms with Crippen LogP contribution in [0.25, 0.3) is 0 Å². The van der Waals surface area contributed by atoms with E-state index in [1.807, 2.05) is 0 Å². The smallest absolute Gasteiger partial charge is 0.184 e. The molecule has 0 unspecified atom stereocenters. The first-order valence-corrected chi connectivity index (χ1v) is 17.7. The predicted molar refractivity (Wildman–Crippen MR) is 142 cm³/mol. The first-order valence-electron chi connectivity index (χ1n) is 14.2. The van der Waals surface area contributed by atoms with Gasteiger partial charge in [-0.25, -0.2) is 0 Å². The van der Waals surface area contributed by atoms with Crippen LogP contribution in [-0.4, -0.2) is 20.2 Å². The van der Waals surface area contributed by atoms with E-state index in [1.54, 1.807) is 5.57 Å². The molecule has 4 rings (SSSR count). The van der Waals surface area contributed by atoms with Crippen LogP contribution in [0.15, 0.2) is 11.6 Å². The quantitative estimate of drug-likeness (QED) is 0.274. The molecule has 0 N–H and O–H groups in total. The van der Waals surface area contributed by atoms with Crippen molar-refractivity contribution in [2.45, 2.75) is 125 Å². The molecule has 3 saturated carbocycles. The molecule has 33 heavy (non-hydrogen) atoms. The monoisotopic (exact) mass is 472 g/mol. The van der Waals surface area contributed by atoms with Crippen LogP contribution in [-0.2, 0) is 9.22 Å². The Kier molecular flexibility index (Phi) is 7.18. The predicted octanol–water partition coefficient (Wildman–Crippen LogP) is 8.43. The lowest BCUT2D eigenvalue weighted by Crippen LogP contribution is -2.51. The molecule has 8 atom stereocenters. The van der Waals surface area contributed by atoms with Crippen molar-refractivity contribution in [2.75, 3.05) is 0 Å². The van der Waals surface area contributed by atoms with E-state index < -0.39 is 8.32 Å². The first-order chi connectivity index (χ1) is 15.3. The summed E-state index contributed by atoms with van der Waals surface area (Å²) in [6.45, 7) is 18.8. The third-order valence-electron chi connectivity index (χ3n) is 10.8. The number of allylic oxidation sites excluding steroid dienone is 1. The van der Waals surface area contributed by atoms with Crippen LogP contribution in [0.2, 0.25) is 19.6 Å². The molecular weight excluding hydrogens is 420 g/mol. The lowest BCUT2D eigenvalue weighted by Gasteiger charge is -2.58. The fourth-order valence-corrected chi connectivity index (χ4v) is 10.3.